The number of hydrogen-bond acceptors (Lipinski definition) is 0. The Morgan fingerprint density at radius 3 is 1.78 bits per heavy atom. The minimum absolute atomic E-state index is 0.165. The zero-order chi connectivity index (χ0) is 22.5. The Labute approximate surface area is 191 Å². The molecule has 0 nitrogen and oxygen atoms in total. The standard InChI is InChI=1S/C29H37F3/c1-20(24-5-3-2-4-6-24)17-23-11-9-21(10-12-23)7-8-22-13-15-25(16-14-22)26-18-27(30)29(32)28(31)19-26/h2-6,18-23,25H,7-17H2,1H3/t20-,21?,22?,23?,25?/m0/s1. The molecule has 3 heteroatoms. The SMILES string of the molecule is C[C@@H](CC1CCC(CCC2CCC(c3cc(F)c(F)c(F)c3)CC2)CC1)c1ccccc1. The van der Waals surface area contributed by atoms with Gasteiger partial charge >= 0.3 is 0 Å². The molecule has 2 aliphatic rings. The Balaban J connectivity index is 1.16. The second-order valence-electron chi connectivity index (χ2n) is 10.5. The van der Waals surface area contributed by atoms with E-state index in [-0.39, 0.29) is 5.92 Å². The summed E-state index contributed by atoms with van der Waals surface area (Å²) in [6.45, 7) is 2.37. The molecule has 0 heterocycles. The largest absolute Gasteiger partial charge is 0.204 e. The van der Waals surface area contributed by atoms with Crippen LogP contribution in [0.15, 0.2) is 42.5 Å². The third-order valence-electron chi connectivity index (χ3n) is 8.33. The summed E-state index contributed by atoms with van der Waals surface area (Å²) in [6.07, 6.45) is 13.6. The van der Waals surface area contributed by atoms with Gasteiger partial charge in [-0.1, -0.05) is 75.8 Å². The van der Waals surface area contributed by atoms with Crippen LogP contribution in [0.2, 0.25) is 0 Å². The summed E-state index contributed by atoms with van der Waals surface area (Å²) in [5.74, 6) is -0.186. The van der Waals surface area contributed by atoms with Crippen LogP contribution in [0.5, 0.6) is 0 Å². The predicted molar refractivity (Wildman–Crippen MR) is 125 cm³/mol. The number of rotatable bonds is 7. The molecule has 2 aromatic carbocycles. The molecule has 174 valence electrons. The van der Waals surface area contributed by atoms with Gasteiger partial charge in [0, 0.05) is 0 Å². The summed E-state index contributed by atoms with van der Waals surface area (Å²) >= 11 is 0. The second kappa shape index (κ2) is 10.9. The minimum atomic E-state index is -1.35. The van der Waals surface area contributed by atoms with Gasteiger partial charge in [-0.25, -0.2) is 13.2 Å². The van der Waals surface area contributed by atoms with Crippen molar-refractivity contribution in [1.82, 2.24) is 0 Å². The average molecular weight is 443 g/mol. The fourth-order valence-electron chi connectivity index (χ4n) is 6.24. The highest BCUT2D eigenvalue weighted by Crippen LogP contribution is 2.41. The van der Waals surface area contributed by atoms with Crippen molar-refractivity contribution in [2.24, 2.45) is 17.8 Å². The van der Waals surface area contributed by atoms with Crippen molar-refractivity contribution >= 4 is 0 Å². The highest BCUT2D eigenvalue weighted by molar-refractivity contribution is 5.23. The number of halogens is 3. The van der Waals surface area contributed by atoms with E-state index in [1.807, 2.05) is 0 Å². The van der Waals surface area contributed by atoms with E-state index >= 15 is 0 Å². The van der Waals surface area contributed by atoms with E-state index < -0.39 is 17.5 Å². The van der Waals surface area contributed by atoms with Gasteiger partial charge in [0.2, 0.25) is 0 Å². The minimum Gasteiger partial charge on any atom is -0.204 e. The van der Waals surface area contributed by atoms with Gasteiger partial charge in [-0.3, -0.25) is 0 Å². The van der Waals surface area contributed by atoms with Crippen molar-refractivity contribution in [2.45, 2.75) is 89.4 Å². The summed E-state index contributed by atoms with van der Waals surface area (Å²) in [6, 6.07) is 13.3. The van der Waals surface area contributed by atoms with E-state index in [0.717, 1.165) is 43.4 Å². The smallest absolute Gasteiger partial charge is 0.194 e. The van der Waals surface area contributed by atoms with Gasteiger partial charge in [0.05, 0.1) is 0 Å². The lowest BCUT2D eigenvalue weighted by Gasteiger charge is -2.33. The Morgan fingerprint density at radius 1 is 0.719 bits per heavy atom. The monoisotopic (exact) mass is 442 g/mol. The van der Waals surface area contributed by atoms with Gasteiger partial charge in [0.1, 0.15) is 0 Å². The number of hydrogen-bond donors (Lipinski definition) is 0. The topological polar surface area (TPSA) is 0 Å². The Morgan fingerprint density at radius 2 is 1.22 bits per heavy atom. The Hall–Kier alpha value is -1.77. The molecule has 2 fully saturated rings. The van der Waals surface area contributed by atoms with Crippen LogP contribution in [-0.4, -0.2) is 0 Å². The molecule has 0 aliphatic heterocycles. The summed E-state index contributed by atoms with van der Waals surface area (Å²) in [7, 11) is 0. The molecule has 0 unspecified atom stereocenters. The van der Waals surface area contributed by atoms with E-state index in [9.17, 15) is 13.2 Å². The first kappa shape index (κ1) is 23.4. The molecular weight excluding hydrogens is 405 g/mol. The zero-order valence-electron chi connectivity index (χ0n) is 19.3. The predicted octanol–water partition coefficient (Wildman–Crippen LogP) is 9.16. The first-order chi connectivity index (χ1) is 15.5. The van der Waals surface area contributed by atoms with Gasteiger partial charge in [0.15, 0.2) is 17.5 Å². The fourth-order valence-corrected chi connectivity index (χ4v) is 6.24. The molecule has 0 saturated heterocycles. The highest BCUT2D eigenvalue weighted by atomic mass is 19.2. The summed E-state index contributed by atoms with van der Waals surface area (Å²) in [5, 5.41) is 0. The van der Waals surface area contributed by atoms with Crippen LogP contribution in [0.4, 0.5) is 13.2 Å². The number of benzene rings is 2. The molecule has 2 saturated carbocycles. The lowest BCUT2D eigenvalue weighted by Crippen LogP contribution is -2.18. The van der Waals surface area contributed by atoms with Crippen molar-refractivity contribution in [3.63, 3.8) is 0 Å². The Bertz CT molecular complexity index is 823. The van der Waals surface area contributed by atoms with Crippen molar-refractivity contribution in [3.05, 3.63) is 71.0 Å². The molecule has 0 aromatic heterocycles. The van der Waals surface area contributed by atoms with Crippen LogP contribution in [-0.2, 0) is 0 Å². The first-order valence-corrected chi connectivity index (χ1v) is 12.7. The van der Waals surface area contributed by atoms with Crippen LogP contribution in [0.25, 0.3) is 0 Å². The van der Waals surface area contributed by atoms with Gasteiger partial charge in [-0.2, -0.15) is 0 Å². The van der Waals surface area contributed by atoms with Gasteiger partial charge in [-0.15, -0.1) is 0 Å². The van der Waals surface area contributed by atoms with Crippen LogP contribution < -0.4 is 0 Å². The quantitative estimate of drug-likeness (QED) is 0.375. The van der Waals surface area contributed by atoms with Crippen LogP contribution in [0, 0.1) is 35.2 Å². The summed E-state index contributed by atoms with van der Waals surface area (Å²) in [4.78, 5) is 0. The zero-order valence-corrected chi connectivity index (χ0v) is 19.3. The molecule has 0 N–H and O–H groups in total. The van der Waals surface area contributed by atoms with Crippen molar-refractivity contribution in [1.29, 1.82) is 0 Å². The lowest BCUT2D eigenvalue weighted by atomic mass is 9.73. The average Bonchev–Trinajstić information content (AvgIpc) is 2.82. The maximum atomic E-state index is 13.6. The molecular formula is C29H37F3. The third-order valence-corrected chi connectivity index (χ3v) is 8.33. The molecule has 2 aliphatic carbocycles. The van der Waals surface area contributed by atoms with Crippen molar-refractivity contribution < 1.29 is 13.2 Å². The molecule has 0 amide bonds. The van der Waals surface area contributed by atoms with Gasteiger partial charge in [-0.05, 0) is 85.0 Å². The molecule has 0 radical (unpaired) electrons. The molecule has 4 rings (SSSR count). The van der Waals surface area contributed by atoms with E-state index in [2.05, 4.69) is 37.3 Å². The second-order valence-corrected chi connectivity index (χ2v) is 10.5. The van der Waals surface area contributed by atoms with Crippen molar-refractivity contribution in [3.8, 4) is 0 Å². The van der Waals surface area contributed by atoms with E-state index in [1.54, 1.807) is 0 Å². The summed E-state index contributed by atoms with van der Waals surface area (Å²) < 4.78 is 40.4. The maximum Gasteiger partial charge on any atom is 0.194 e. The first-order valence-electron chi connectivity index (χ1n) is 12.7. The van der Waals surface area contributed by atoms with Gasteiger partial charge < -0.3 is 0 Å². The normalized spacial score (nSPS) is 27.2. The molecule has 0 spiro atoms. The van der Waals surface area contributed by atoms with Crippen molar-refractivity contribution in [2.75, 3.05) is 0 Å². The maximum absolute atomic E-state index is 13.6. The van der Waals surface area contributed by atoms with Crippen LogP contribution in [0.3, 0.4) is 0 Å². The molecule has 32 heavy (non-hydrogen) atoms. The Kier molecular flexibility index (Phi) is 7.97. The van der Waals surface area contributed by atoms with E-state index in [4.69, 9.17) is 0 Å². The van der Waals surface area contributed by atoms with E-state index in [1.165, 1.54) is 62.6 Å². The molecule has 0 bridgehead atoms. The highest BCUT2D eigenvalue weighted by Gasteiger charge is 2.27. The van der Waals surface area contributed by atoms with E-state index in [0.29, 0.717) is 11.5 Å². The molecule has 2 aromatic rings. The molecule has 1 atom stereocenters. The van der Waals surface area contributed by atoms with Crippen LogP contribution in [0.1, 0.15) is 101 Å². The van der Waals surface area contributed by atoms with Gasteiger partial charge in [0.25, 0.3) is 0 Å². The fraction of sp³-hybridized carbons (Fsp3) is 0.586. The summed E-state index contributed by atoms with van der Waals surface area (Å²) in [5.41, 5.74) is 2.10. The lowest BCUT2D eigenvalue weighted by molar-refractivity contribution is 0.220. The third kappa shape index (κ3) is 5.97. The van der Waals surface area contributed by atoms with Crippen LogP contribution >= 0.6 is 0 Å².